The van der Waals surface area contributed by atoms with Gasteiger partial charge in [0.1, 0.15) is 5.82 Å². The van der Waals surface area contributed by atoms with Crippen LogP contribution in [0.3, 0.4) is 0 Å². The fourth-order valence-corrected chi connectivity index (χ4v) is 4.88. The number of likely N-dealkylation sites (tertiary alicyclic amines) is 1. The predicted molar refractivity (Wildman–Crippen MR) is 116 cm³/mol. The Balaban J connectivity index is 1.16. The molecular formula is C23H26N6O. The first-order chi connectivity index (χ1) is 14.6. The summed E-state index contributed by atoms with van der Waals surface area (Å²) in [7, 11) is 1.74. The first-order valence-electron chi connectivity index (χ1n) is 10.5. The summed E-state index contributed by atoms with van der Waals surface area (Å²) in [5.74, 6) is 2.30. The molecule has 3 aromatic heterocycles. The third-order valence-electron chi connectivity index (χ3n) is 6.34. The van der Waals surface area contributed by atoms with Crippen molar-refractivity contribution in [3.63, 3.8) is 0 Å². The zero-order chi connectivity index (χ0) is 20.5. The van der Waals surface area contributed by atoms with E-state index in [0.29, 0.717) is 6.04 Å². The van der Waals surface area contributed by atoms with Gasteiger partial charge in [0.2, 0.25) is 5.56 Å². The van der Waals surface area contributed by atoms with Crippen LogP contribution >= 0.6 is 0 Å². The average molecular weight is 403 g/mol. The van der Waals surface area contributed by atoms with E-state index in [9.17, 15) is 4.79 Å². The lowest BCUT2D eigenvalue weighted by molar-refractivity contribution is 0.297. The maximum Gasteiger partial charge on any atom is 0.250 e. The van der Waals surface area contributed by atoms with Crippen LogP contribution in [0.25, 0.3) is 11.3 Å². The monoisotopic (exact) mass is 402 g/mol. The summed E-state index contributed by atoms with van der Waals surface area (Å²) in [6, 6.07) is 13.9. The molecule has 4 heterocycles. The Morgan fingerprint density at radius 3 is 2.53 bits per heavy atom. The van der Waals surface area contributed by atoms with Crippen molar-refractivity contribution in [1.29, 1.82) is 0 Å². The van der Waals surface area contributed by atoms with E-state index in [4.69, 9.17) is 0 Å². The van der Waals surface area contributed by atoms with Gasteiger partial charge in [-0.2, -0.15) is 0 Å². The number of hydrogen-bond donors (Lipinski definition) is 1. The highest BCUT2D eigenvalue weighted by atomic mass is 16.1. The number of pyridine rings is 2. The normalized spacial score (nSPS) is 23.4. The van der Waals surface area contributed by atoms with Crippen LogP contribution in [-0.4, -0.2) is 43.8 Å². The largest absolute Gasteiger partial charge is 0.366 e. The van der Waals surface area contributed by atoms with Crippen LogP contribution < -0.4 is 10.9 Å². The standard InChI is InChI=1S/C23H26N6O/c1-28-12-16(5-8-23(28)30)21-6-7-22(27-26-21)25-20-10-17-13-29(14-18(17)11-20)15-19-4-2-3-9-24-19/h2-9,12,17-18,20H,10-11,13-15H2,1H3,(H,25,27)/t17-,18+,20?. The Kier molecular flexibility index (Phi) is 5.04. The molecule has 1 unspecified atom stereocenters. The van der Waals surface area contributed by atoms with Gasteiger partial charge in [-0.25, -0.2) is 0 Å². The molecule has 1 saturated carbocycles. The first kappa shape index (κ1) is 18.9. The summed E-state index contributed by atoms with van der Waals surface area (Å²) in [6.45, 7) is 3.25. The van der Waals surface area contributed by atoms with Gasteiger partial charge in [-0.05, 0) is 55.0 Å². The van der Waals surface area contributed by atoms with E-state index in [-0.39, 0.29) is 5.56 Å². The van der Waals surface area contributed by atoms with Gasteiger partial charge in [0.25, 0.3) is 0 Å². The van der Waals surface area contributed by atoms with Gasteiger partial charge in [-0.15, -0.1) is 10.2 Å². The average Bonchev–Trinajstić information content (AvgIpc) is 3.29. The molecular weight excluding hydrogens is 376 g/mol. The van der Waals surface area contributed by atoms with Crippen LogP contribution in [0.2, 0.25) is 0 Å². The van der Waals surface area contributed by atoms with E-state index in [1.807, 2.05) is 24.4 Å². The Bertz CT molecular complexity index is 1050. The molecule has 0 spiro atoms. The number of nitrogens with one attached hydrogen (secondary N) is 1. The maximum atomic E-state index is 11.6. The van der Waals surface area contributed by atoms with Gasteiger partial charge in [-0.3, -0.25) is 14.7 Å². The number of hydrogen-bond acceptors (Lipinski definition) is 6. The van der Waals surface area contributed by atoms with Crippen LogP contribution in [0.4, 0.5) is 5.82 Å². The molecule has 0 aromatic carbocycles. The number of aromatic nitrogens is 4. The Morgan fingerprint density at radius 1 is 1.03 bits per heavy atom. The van der Waals surface area contributed by atoms with Gasteiger partial charge in [0.15, 0.2) is 0 Å². The van der Waals surface area contributed by atoms with E-state index in [2.05, 4.69) is 37.5 Å². The molecule has 1 N–H and O–H groups in total. The third-order valence-corrected chi connectivity index (χ3v) is 6.34. The van der Waals surface area contributed by atoms with Crippen molar-refractivity contribution in [1.82, 2.24) is 24.6 Å². The molecule has 7 heteroatoms. The summed E-state index contributed by atoms with van der Waals surface area (Å²) in [4.78, 5) is 18.6. The summed E-state index contributed by atoms with van der Waals surface area (Å²) in [5.41, 5.74) is 2.78. The number of anilines is 1. The fraction of sp³-hybridized carbons (Fsp3) is 0.391. The Labute approximate surface area is 175 Å². The van der Waals surface area contributed by atoms with Gasteiger partial charge in [0.05, 0.1) is 11.4 Å². The van der Waals surface area contributed by atoms with Crippen LogP contribution in [0.5, 0.6) is 0 Å². The minimum Gasteiger partial charge on any atom is -0.366 e. The van der Waals surface area contributed by atoms with Gasteiger partial charge >= 0.3 is 0 Å². The second kappa shape index (κ2) is 7.99. The van der Waals surface area contributed by atoms with Crippen LogP contribution in [-0.2, 0) is 13.6 Å². The summed E-state index contributed by atoms with van der Waals surface area (Å²) < 4.78 is 1.55. The third kappa shape index (κ3) is 3.98. The molecule has 0 radical (unpaired) electrons. The van der Waals surface area contributed by atoms with Crippen molar-refractivity contribution in [2.75, 3.05) is 18.4 Å². The van der Waals surface area contributed by atoms with E-state index < -0.39 is 0 Å². The maximum absolute atomic E-state index is 11.6. The molecule has 7 nitrogen and oxygen atoms in total. The second-order valence-electron chi connectivity index (χ2n) is 8.52. The fourth-order valence-electron chi connectivity index (χ4n) is 4.88. The van der Waals surface area contributed by atoms with Crippen molar-refractivity contribution < 1.29 is 0 Å². The molecule has 5 rings (SSSR count). The molecule has 1 saturated heterocycles. The van der Waals surface area contributed by atoms with Crippen molar-refractivity contribution in [3.05, 3.63) is 70.9 Å². The summed E-state index contributed by atoms with van der Waals surface area (Å²) in [6.07, 6.45) is 6.01. The molecule has 1 aliphatic carbocycles. The first-order valence-corrected chi connectivity index (χ1v) is 10.5. The molecule has 0 bridgehead atoms. The lowest BCUT2D eigenvalue weighted by Crippen LogP contribution is -2.25. The zero-order valence-electron chi connectivity index (χ0n) is 17.1. The van der Waals surface area contributed by atoms with E-state index in [0.717, 1.165) is 54.2 Å². The number of rotatable bonds is 5. The summed E-state index contributed by atoms with van der Waals surface area (Å²) >= 11 is 0. The minimum absolute atomic E-state index is 0.0321. The zero-order valence-corrected chi connectivity index (χ0v) is 17.1. The highest BCUT2D eigenvalue weighted by Gasteiger charge is 2.40. The SMILES string of the molecule is Cn1cc(-c2ccc(NC3C[C@@H]4CN(Cc5ccccn5)C[C@@H]4C3)nn2)ccc1=O. The molecule has 1 aliphatic heterocycles. The smallest absolute Gasteiger partial charge is 0.250 e. The molecule has 3 aromatic rings. The quantitative estimate of drug-likeness (QED) is 0.707. The van der Waals surface area contributed by atoms with Crippen LogP contribution in [0, 0.1) is 11.8 Å². The predicted octanol–water partition coefficient (Wildman–Crippen LogP) is 2.56. The molecule has 2 aliphatic rings. The number of fused-ring (bicyclic) bond motifs is 1. The lowest BCUT2D eigenvalue weighted by atomic mass is 10.0. The van der Waals surface area contributed by atoms with Crippen molar-refractivity contribution in [2.24, 2.45) is 18.9 Å². The topological polar surface area (TPSA) is 75.9 Å². The molecule has 154 valence electrons. The molecule has 3 atom stereocenters. The highest BCUT2D eigenvalue weighted by Crippen LogP contribution is 2.39. The van der Waals surface area contributed by atoms with Gasteiger partial charge in [-0.1, -0.05) is 6.07 Å². The van der Waals surface area contributed by atoms with Crippen LogP contribution in [0.1, 0.15) is 18.5 Å². The Morgan fingerprint density at radius 2 is 1.87 bits per heavy atom. The minimum atomic E-state index is -0.0321. The molecule has 30 heavy (non-hydrogen) atoms. The highest BCUT2D eigenvalue weighted by molar-refractivity contribution is 5.58. The number of aryl methyl sites for hydroxylation is 1. The van der Waals surface area contributed by atoms with Gasteiger partial charge in [0, 0.05) is 56.7 Å². The second-order valence-corrected chi connectivity index (χ2v) is 8.52. The van der Waals surface area contributed by atoms with Crippen molar-refractivity contribution in [3.8, 4) is 11.3 Å². The summed E-state index contributed by atoms with van der Waals surface area (Å²) in [5, 5.41) is 12.3. The van der Waals surface area contributed by atoms with Crippen molar-refractivity contribution in [2.45, 2.75) is 25.4 Å². The lowest BCUT2D eigenvalue weighted by Gasteiger charge is -2.19. The molecule has 2 fully saturated rings. The molecule has 0 amide bonds. The van der Waals surface area contributed by atoms with E-state index in [1.54, 1.807) is 29.9 Å². The van der Waals surface area contributed by atoms with Crippen molar-refractivity contribution >= 4 is 5.82 Å². The van der Waals surface area contributed by atoms with Gasteiger partial charge < -0.3 is 9.88 Å². The van der Waals surface area contributed by atoms with E-state index >= 15 is 0 Å². The Hall–Kier alpha value is -3.06. The van der Waals surface area contributed by atoms with E-state index in [1.165, 1.54) is 12.8 Å². The van der Waals surface area contributed by atoms with Crippen LogP contribution in [0.15, 0.2) is 59.7 Å². The number of nitrogens with zero attached hydrogens (tertiary/aromatic N) is 5.